The quantitative estimate of drug-likeness (QED) is 0.753. The van der Waals surface area contributed by atoms with E-state index < -0.39 is 16.8 Å². The standard InChI is InChI=1S/C20H23ClFNO2S/c21-17-4-2-16(3-5-17)20(24)10-13-23(14-11-20)12-1-15-26(25)19-8-6-18(22)7-9-19/h2-9,24H,1,10-15H2. The molecule has 1 unspecified atom stereocenters. The number of halogens is 2. The Morgan fingerprint density at radius 2 is 1.69 bits per heavy atom. The average Bonchev–Trinajstić information content (AvgIpc) is 2.64. The molecule has 0 aliphatic carbocycles. The van der Waals surface area contributed by atoms with Crippen molar-refractivity contribution in [1.29, 1.82) is 0 Å². The summed E-state index contributed by atoms with van der Waals surface area (Å²) in [5.41, 5.74) is 0.122. The van der Waals surface area contributed by atoms with Gasteiger partial charge < -0.3 is 14.6 Å². The molecule has 1 heterocycles. The van der Waals surface area contributed by atoms with Crippen LogP contribution in [0.5, 0.6) is 0 Å². The summed E-state index contributed by atoms with van der Waals surface area (Å²) < 4.78 is 25.2. The summed E-state index contributed by atoms with van der Waals surface area (Å²) in [6, 6.07) is 13.3. The summed E-state index contributed by atoms with van der Waals surface area (Å²) in [4.78, 5) is 2.97. The molecule has 6 heteroatoms. The Kier molecular flexibility index (Phi) is 6.59. The van der Waals surface area contributed by atoms with Gasteiger partial charge in [-0.05, 0) is 66.0 Å². The Morgan fingerprint density at radius 3 is 2.31 bits per heavy atom. The normalized spacial score (nSPS) is 18.6. The molecule has 0 aromatic heterocycles. The molecule has 0 amide bonds. The van der Waals surface area contributed by atoms with E-state index >= 15 is 0 Å². The van der Waals surface area contributed by atoms with E-state index in [1.54, 1.807) is 12.1 Å². The van der Waals surface area contributed by atoms with Crippen molar-refractivity contribution in [3.8, 4) is 0 Å². The van der Waals surface area contributed by atoms with Crippen molar-refractivity contribution in [2.75, 3.05) is 25.4 Å². The molecular weight excluding hydrogens is 373 g/mol. The first-order valence-electron chi connectivity index (χ1n) is 8.81. The van der Waals surface area contributed by atoms with Gasteiger partial charge in [-0.3, -0.25) is 0 Å². The largest absolute Gasteiger partial charge is 0.611 e. The fraction of sp³-hybridized carbons (Fsp3) is 0.400. The van der Waals surface area contributed by atoms with Gasteiger partial charge in [0.2, 0.25) is 0 Å². The third-order valence-electron chi connectivity index (χ3n) is 4.95. The van der Waals surface area contributed by atoms with Crippen LogP contribution in [0.1, 0.15) is 24.8 Å². The summed E-state index contributed by atoms with van der Waals surface area (Å²) in [5.74, 6) is 0.246. The summed E-state index contributed by atoms with van der Waals surface area (Å²) in [5, 5.41) is 11.6. The molecule has 1 aliphatic rings. The first-order chi connectivity index (χ1) is 12.5. The van der Waals surface area contributed by atoms with Gasteiger partial charge in [0, 0.05) is 31.1 Å². The minimum atomic E-state index is -1.10. The Labute approximate surface area is 162 Å². The van der Waals surface area contributed by atoms with Crippen molar-refractivity contribution in [3.63, 3.8) is 0 Å². The molecule has 1 fully saturated rings. The van der Waals surface area contributed by atoms with Crippen LogP contribution in [0.4, 0.5) is 4.39 Å². The van der Waals surface area contributed by atoms with Crippen LogP contribution in [0.25, 0.3) is 0 Å². The van der Waals surface area contributed by atoms with Crippen LogP contribution in [0.15, 0.2) is 53.4 Å². The lowest BCUT2D eigenvalue weighted by atomic mass is 9.84. The van der Waals surface area contributed by atoms with Gasteiger partial charge in [-0.25, -0.2) is 4.39 Å². The average molecular weight is 396 g/mol. The van der Waals surface area contributed by atoms with E-state index in [9.17, 15) is 14.0 Å². The van der Waals surface area contributed by atoms with Crippen LogP contribution in [-0.4, -0.2) is 39.9 Å². The minimum Gasteiger partial charge on any atom is -0.611 e. The first kappa shape index (κ1) is 19.6. The third kappa shape index (κ3) is 4.99. The SMILES string of the molecule is [O-][S+](CCCN1CCC(O)(c2ccc(Cl)cc2)CC1)c1ccc(F)cc1. The van der Waals surface area contributed by atoms with Gasteiger partial charge in [0.1, 0.15) is 11.6 Å². The van der Waals surface area contributed by atoms with Gasteiger partial charge in [0.15, 0.2) is 4.90 Å². The molecule has 2 aromatic carbocycles. The second kappa shape index (κ2) is 8.72. The Morgan fingerprint density at radius 1 is 1.08 bits per heavy atom. The molecule has 1 aliphatic heterocycles. The fourth-order valence-corrected chi connectivity index (χ4v) is 4.51. The maximum atomic E-state index is 12.9. The van der Waals surface area contributed by atoms with Crippen molar-refractivity contribution in [2.24, 2.45) is 0 Å². The van der Waals surface area contributed by atoms with Gasteiger partial charge in [-0.1, -0.05) is 23.7 Å². The summed E-state index contributed by atoms with van der Waals surface area (Å²) >= 11 is 4.82. The molecule has 0 bridgehead atoms. The van der Waals surface area contributed by atoms with Crippen LogP contribution in [0.3, 0.4) is 0 Å². The van der Waals surface area contributed by atoms with Crippen molar-refractivity contribution < 1.29 is 14.0 Å². The molecule has 26 heavy (non-hydrogen) atoms. The molecular formula is C20H23ClFNO2S. The second-order valence-electron chi connectivity index (χ2n) is 6.74. The van der Waals surface area contributed by atoms with E-state index in [0.29, 0.717) is 28.5 Å². The topological polar surface area (TPSA) is 46.5 Å². The minimum absolute atomic E-state index is 0.313. The molecule has 140 valence electrons. The van der Waals surface area contributed by atoms with Crippen molar-refractivity contribution >= 4 is 22.8 Å². The Bertz CT molecular complexity index is 703. The van der Waals surface area contributed by atoms with E-state index in [1.807, 2.05) is 24.3 Å². The number of hydrogen-bond donors (Lipinski definition) is 1. The smallest absolute Gasteiger partial charge is 0.152 e. The Balaban J connectivity index is 1.44. The summed E-state index contributed by atoms with van der Waals surface area (Å²) in [6.07, 6.45) is 2.16. The lowest BCUT2D eigenvalue weighted by Gasteiger charge is -2.38. The zero-order chi connectivity index (χ0) is 18.6. The Hall–Kier alpha value is -1.11. The zero-order valence-corrected chi connectivity index (χ0v) is 16.1. The van der Waals surface area contributed by atoms with Crippen molar-refractivity contribution in [3.05, 3.63) is 64.9 Å². The van der Waals surface area contributed by atoms with Crippen LogP contribution < -0.4 is 0 Å². The number of piperidine rings is 1. The highest BCUT2D eigenvalue weighted by Crippen LogP contribution is 2.33. The van der Waals surface area contributed by atoms with Crippen LogP contribution >= 0.6 is 11.6 Å². The molecule has 1 atom stereocenters. The number of likely N-dealkylation sites (tertiary alicyclic amines) is 1. The van der Waals surface area contributed by atoms with Crippen LogP contribution in [0, 0.1) is 5.82 Å². The third-order valence-corrected chi connectivity index (χ3v) is 6.65. The molecule has 0 saturated carbocycles. The summed E-state index contributed by atoms with van der Waals surface area (Å²) in [7, 11) is 0. The predicted octanol–water partition coefficient (Wildman–Crippen LogP) is 3.96. The van der Waals surface area contributed by atoms with Crippen LogP contribution in [0.2, 0.25) is 5.02 Å². The van der Waals surface area contributed by atoms with Crippen LogP contribution in [-0.2, 0) is 16.8 Å². The van der Waals surface area contributed by atoms with Gasteiger partial charge in [-0.15, -0.1) is 0 Å². The fourth-order valence-electron chi connectivity index (χ4n) is 3.32. The van der Waals surface area contributed by atoms with E-state index in [-0.39, 0.29) is 5.82 Å². The van der Waals surface area contributed by atoms with E-state index in [1.165, 1.54) is 12.1 Å². The highest BCUT2D eigenvalue weighted by Gasteiger charge is 2.33. The monoisotopic (exact) mass is 395 g/mol. The molecule has 1 saturated heterocycles. The van der Waals surface area contributed by atoms with Gasteiger partial charge in [0.25, 0.3) is 0 Å². The molecule has 0 radical (unpaired) electrons. The lowest BCUT2D eigenvalue weighted by molar-refractivity contribution is -0.0257. The number of nitrogens with zero attached hydrogens (tertiary/aromatic N) is 1. The number of rotatable bonds is 6. The molecule has 1 N–H and O–H groups in total. The summed E-state index contributed by atoms with van der Waals surface area (Å²) in [6.45, 7) is 2.47. The van der Waals surface area contributed by atoms with Gasteiger partial charge >= 0.3 is 0 Å². The molecule has 0 spiro atoms. The van der Waals surface area contributed by atoms with E-state index in [0.717, 1.165) is 31.6 Å². The number of hydrogen-bond acceptors (Lipinski definition) is 3. The maximum Gasteiger partial charge on any atom is 0.152 e. The van der Waals surface area contributed by atoms with Crippen molar-refractivity contribution in [1.82, 2.24) is 4.90 Å². The second-order valence-corrected chi connectivity index (χ2v) is 8.74. The highest BCUT2D eigenvalue weighted by molar-refractivity contribution is 7.91. The molecule has 3 nitrogen and oxygen atoms in total. The molecule has 2 aromatic rings. The van der Waals surface area contributed by atoms with Gasteiger partial charge in [0.05, 0.1) is 5.60 Å². The van der Waals surface area contributed by atoms with Crippen molar-refractivity contribution in [2.45, 2.75) is 29.8 Å². The zero-order valence-electron chi connectivity index (χ0n) is 14.5. The maximum absolute atomic E-state index is 12.9. The highest BCUT2D eigenvalue weighted by atomic mass is 35.5. The number of benzene rings is 2. The number of aliphatic hydroxyl groups is 1. The molecule has 3 rings (SSSR count). The predicted molar refractivity (Wildman–Crippen MR) is 103 cm³/mol. The van der Waals surface area contributed by atoms with E-state index in [2.05, 4.69) is 4.90 Å². The first-order valence-corrected chi connectivity index (χ1v) is 10.5. The van der Waals surface area contributed by atoms with Gasteiger partial charge in [-0.2, -0.15) is 0 Å². The van der Waals surface area contributed by atoms with E-state index in [4.69, 9.17) is 11.6 Å². The lowest BCUT2D eigenvalue weighted by Crippen LogP contribution is -2.43.